The third-order valence-electron chi connectivity index (χ3n) is 7.87. The highest BCUT2D eigenvalue weighted by Gasteiger charge is 2.59. The first-order chi connectivity index (χ1) is 20.3. The molecule has 4 heterocycles. The standard InChI is InChI=1S/C27H30F3N5O6S2/c1-3-41-26(38)22-19(32-24(25-31-8-9-42-25)33-23(22)16-5-4-6-18(28)15(16)2)12-34-14-27(29,30)17-11-35(13-20(17)34)43(39,40)10-7-21(36)37/h4-6,8-9,17,20,23H,3,7,10-14H2,1-2H3,(H,32,33)(H,36,37)/t17?,20?,23-/m0/s1. The van der Waals surface area contributed by atoms with Gasteiger partial charge in [-0.15, -0.1) is 11.3 Å². The van der Waals surface area contributed by atoms with Crippen molar-refractivity contribution in [3.05, 3.63) is 63.0 Å². The number of fused-ring (bicyclic) bond motifs is 1. The molecule has 0 saturated carbocycles. The Morgan fingerprint density at radius 2 is 2.05 bits per heavy atom. The van der Waals surface area contributed by atoms with Gasteiger partial charge in [0.15, 0.2) is 10.8 Å². The zero-order valence-electron chi connectivity index (χ0n) is 23.3. The van der Waals surface area contributed by atoms with Gasteiger partial charge >= 0.3 is 11.9 Å². The van der Waals surface area contributed by atoms with E-state index in [9.17, 15) is 22.4 Å². The number of carboxylic acid groups (broad SMARTS) is 1. The van der Waals surface area contributed by atoms with Crippen molar-refractivity contribution in [2.75, 3.05) is 38.5 Å². The molecule has 2 unspecified atom stereocenters. The quantitative estimate of drug-likeness (QED) is 0.375. The van der Waals surface area contributed by atoms with Gasteiger partial charge in [-0.3, -0.25) is 14.7 Å². The fourth-order valence-electron chi connectivity index (χ4n) is 5.75. The first-order valence-corrected chi connectivity index (χ1v) is 16.0. The van der Waals surface area contributed by atoms with Gasteiger partial charge in [0.25, 0.3) is 5.92 Å². The SMILES string of the molecule is CCOC(=O)C1=C(CN2CC(F)(F)C3CN(S(=O)(=O)CCC(=O)O)CC32)NC(c2nccs2)=N[C@H]1c1cccc(F)c1C. The Labute approximate surface area is 250 Å². The number of ether oxygens (including phenoxy) is 1. The molecule has 0 radical (unpaired) electrons. The number of halogens is 3. The van der Waals surface area contributed by atoms with Crippen molar-refractivity contribution in [1.82, 2.24) is 19.5 Å². The van der Waals surface area contributed by atoms with Gasteiger partial charge in [-0.05, 0) is 31.0 Å². The van der Waals surface area contributed by atoms with E-state index in [-0.39, 0.29) is 42.4 Å². The molecule has 2 N–H and O–H groups in total. The number of thiazole rings is 1. The predicted octanol–water partition coefficient (Wildman–Crippen LogP) is 2.55. The second-order valence-corrected chi connectivity index (χ2v) is 13.5. The maximum atomic E-state index is 15.3. The van der Waals surface area contributed by atoms with Crippen LogP contribution in [0.2, 0.25) is 0 Å². The van der Waals surface area contributed by atoms with Gasteiger partial charge in [-0.1, -0.05) is 12.1 Å². The number of nitrogens with zero attached hydrogens (tertiary/aromatic N) is 4. The Morgan fingerprint density at radius 1 is 1.28 bits per heavy atom. The van der Waals surface area contributed by atoms with Crippen LogP contribution in [0.3, 0.4) is 0 Å². The van der Waals surface area contributed by atoms with Gasteiger partial charge < -0.3 is 15.2 Å². The van der Waals surface area contributed by atoms with Crippen LogP contribution in [0.25, 0.3) is 0 Å². The second kappa shape index (κ2) is 12.0. The lowest BCUT2D eigenvalue weighted by Gasteiger charge is -2.31. The largest absolute Gasteiger partial charge is 0.481 e. The number of carboxylic acids is 1. The van der Waals surface area contributed by atoms with Crippen molar-refractivity contribution < 1.29 is 41.0 Å². The summed E-state index contributed by atoms with van der Waals surface area (Å²) in [6.45, 7) is 1.56. The average Bonchev–Trinajstić information content (AvgIpc) is 3.68. The predicted molar refractivity (Wildman–Crippen MR) is 151 cm³/mol. The molecule has 2 aromatic rings. The average molecular weight is 642 g/mol. The van der Waals surface area contributed by atoms with Crippen LogP contribution in [-0.2, 0) is 24.3 Å². The fourth-order valence-corrected chi connectivity index (χ4v) is 7.80. The molecule has 0 aliphatic carbocycles. The Kier molecular flexibility index (Phi) is 8.66. The molecule has 2 saturated heterocycles. The molecule has 0 amide bonds. The van der Waals surface area contributed by atoms with Crippen LogP contribution in [0.4, 0.5) is 13.2 Å². The van der Waals surface area contributed by atoms with Crippen molar-refractivity contribution in [2.45, 2.75) is 38.3 Å². The van der Waals surface area contributed by atoms with Crippen molar-refractivity contribution in [2.24, 2.45) is 10.9 Å². The lowest BCUT2D eigenvalue weighted by molar-refractivity contribution is -0.139. The summed E-state index contributed by atoms with van der Waals surface area (Å²) in [5.41, 5.74) is 0.864. The smallest absolute Gasteiger partial charge is 0.338 e. The fraction of sp³-hybridized carbons (Fsp3) is 0.481. The number of aromatic nitrogens is 1. The van der Waals surface area contributed by atoms with Crippen LogP contribution >= 0.6 is 11.3 Å². The molecule has 1 aromatic carbocycles. The number of aliphatic imine (C=N–C) groups is 1. The van der Waals surface area contributed by atoms with E-state index >= 15 is 8.78 Å². The van der Waals surface area contributed by atoms with Gasteiger partial charge in [0.2, 0.25) is 10.0 Å². The number of sulfonamides is 1. The molecule has 2 fully saturated rings. The van der Waals surface area contributed by atoms with Gasteiger partial charge in [0.1, 0.15) is 11.9 Å². The van der Waals surface area contributed by atoms with Gasteiger partial charge in [-0.25, -0.2) is 31.4 Å². The number of nitrogens with one attached hydrogen (secondary N) is 1. The molecule has 0 bridgehead atoms. The number of benzene rings is 1. The molecule has 232 valence electrons. The van der Waals surface area contributed by atoms with Crippen LogP contribution in [0, 0.1) is 18.7 Å². The summed E-state index contributed by atoms with van der Waals surface area (Å²) in [5.74, 6) is -7.61. The number of carbonyl (C=O) groups is 2. The molecule has 11 nitrogen and oxygen atoms in total. The van der Waals surface area contributed by atoms with Crippen molar-refractivity contribution in [1.29, 1.82) is 0 Å². The van der Waals surface area contributed by atoms with E-state index in [2.05, 4.69) is 10.3 Å². The number of esters is 1. The zero-order valence-corrected chi connectivity index (χ0v) is 24.9. The zero-order chi connectivity index (χ0) is 31.1. The molecule has 16 heteroatoms. The summed E-state index contributed by atoms with van der Waals surface area (Å²) in [4.78, 5) is 34.8. The molecular weight excluding hydrogens is 611 g/mol. The minimum absolute atomic E-state index is 0.0170. The number of likely N-dealkylation sites (tertiary alicyclic amines) is 1. The number of alkyl halides is 2. The first kappa shape index (κ1) is 31.1. The van der Waals surface area contributed by atoms with Crippen LogP contribution in [0.5, 0.6) is 0 Å². The summed E-state index contributed by atoms with van der Waals surface area (Å²) in [6.07, 6.45) is 0.911. The number of carbonyl (C=O) groups excluding carboxylic acids is 1. The monoisotopic (exact) mass is 641 g/mol. The molecule has 3 aliphatic heterocycles. The number of amidine groups is 1. The second-order valence-electron chi connectivity index (χ2n) is 10.5. The maximum absolute atomic E-state index is 15.3. The summed E-state index contributed by atoms with van der Waals surface area (Å²) < 4.78 is 77.2. The maximum Gasteiger partial charge on any atom is 0.338 e. The van der Waals surface area contributed by atoms with Crippen LogP contribution in [0.1, 0.15) is 35.5 Å². The van der Waals surface area contributed by atoms with Gasteiger partial charge in [-0.2, -0.15) is 4.31 Å². The Bertz CT molecular complexity index is 1580. The van der Waals surface area contributed by atoms with Crippen molar-refractivity contribution >= 4 is 39.1 Å². The van der Waals surface area contributed by atoms with Crippen molar-refractivity contribution in [3.63, 3.8) is 0 Å². The van der Waals surface area contributed by atoms with Gasteiger partial charge in [0.05, 0.1) is 36.8 Å². The van der Waals surface area contributed by atoms with E-state index in [1.807, 2.05) is 0 Å². The van der Waals surface area contributed by atoms with Crippen LogP contribution in [0.15, 0.2) is 46.0 Å². The molecule has 3 atom stereocenters. The van der Waals surface area contributed by atoms with E-state index in [0.29, 0.717) is 10.6 Å². The number of aliphatic carboxylic acids is 1. The van der Waals surface area contributed by atoms with E-state index in [0.717, 1.165) is 4.31 Å². The van der Waals surface area contributed by atoms with Crippen LogP contribution < -0.4 is 5.32 Å². The Balaban J connectivity index is 1.54. The summed E-state index contributed by atoms with van der Waals surface area (Å²) in [6, 6.07) is 2.45. The first-order valence-electron chi connectivity index (χ1n) is 13.5. The van der Waals surface area contributed by atoms with Crippen molar-refractivity contribution in [3.8, 4) is 0 Å². The molecule has 5 rings (SSSR count). The lowest BCUT2D eigenvalue weighted by Crippen LogP contribution is -2.44. The number of hydrogen-bond acceptors (Lipinski definition) is 10. The van der Waals surface area contributed by atoms with E-state index in [1.165, 1.54) is 28.4 Å². The third kappa shape index (κ3) is 6.18. The topological polar surface area (TPSA) is 142 Å². The van der Waals surface area contributed by atoms with E-state index < -0.39 is 77.0 Å². The highest BCUT2D eigenvalue weighted by atomic mass is 32.2. The Hall–Kier alpha value is -3.34. The molecule has 1 aromatic heterocycles. The molecule has 0 spiro atoms. The van der Waals surface area contributed by atoms with E-state index in [1.54, 1.807) is 31.5 Å². The normalized spacial score (nSPS) is 24.0. The minimum atomic E-state index is -4.10. The van der Waals surface area contributed by atoms with Crippen LogP contribution in [-0.4, -0.2) is 96.0 Å². The van der Waals surface area contributed by atoms with Gasteiger partial charge in [0, 0.05) is 43.0 Å². The number of rotatable bonds is 10. The summed E-state index contributed by atoms with van der Waals surface area (Å²) in [7, 11) is -4.10. The summed E-state index contributed by atoms with van der Waals surface area (Å²) >= 11 is 1.26. The summed E-state index contributed by atoms with van der Waals surface area (Å²) in [5, 5.41) is 14.2. The molecular formula is C27H30F3N5O6S2. The highest BCUT2D eigenvalue weighted by Crippen LogP contribution is 2.44. The van der Waals surface area contributed by atoms with E-state index in [4.69, 9.17) is 14.8 Å². The number of hydrogen-bond donors (Lipinski definition) is 2. The minimum Gasteiger partial charge on any atom is -0.481 e. The highest BCUT2D eigenvalue weighted by molar-refractivity contribution is 7.89. The molecule has 43 heavy (non-hydrogen) atoms. The lowest BCUT2D eigenvalue weighted by atomic mass is 9.92. The Morgan fingerprint density at radius 3 is 2.72 bits per heavy atom. The molecule has 3 aliphatic rings. The third-order valence-corrected chi connectivity index (χ3v) is 10.5.